The van der Waals surface area contributed by atoms with E-state index in [9.17, 15) is 4.79 Å². The van der Waals surface area contributed by atoms with Gasteiger partial charge in [0.2, 0.25) is 0 Å². The largest absolute Gasteiger partial charge is 0.306 e. The van der Waals surface area contributed by atoms with Gasteiger partial charge in [-0.25, -0.2) is 0 Å². The summed E-state index contributed by atoms with van der Waals surface area (Å²) in [6.07, 6.45) is 1.73. The lowest BCUT2D eigenvalue weighted by molar-refractivity contribution is 0.0995. The molecule has 1 N–H and O–H groups in total. The Morgan fingerprint density at radius 3 is 3.08 bits per heavy atom. The Bertz CT molecular complexity index is 308. The van der Waals surface area contributed by atoms with Gasteiger partial charge in [-0.05, 0) is 27.4 Å². The highest BCUT2D eigenvalue weighted by atomic mass is 79.9. The molecule has 0 saturated heterocycles. The highest BCUT2D eigenvalue weighted by Crippen LogP contribution is 2.22. The maximum atomic E-state index is 11.5. The van der Waals surface area contributed by atoms with Crippen molar-refractivity contribution in [2.24, 2.45) is 0 Å². The predicted molar refractivity (Wildman–Crippen MR) is 59.4 cm³/mol. The lowest BCUT2D eigenvalue weighted by atomic mass is 10.3. The van der Waals surface area contributed by atoms with E-state index in [1.54, 1.807) is 6.08 Å². The van der Waals surface area contributed by atoms with Gasteiger partial charge in [0.1, 0.15) is 0 Å². The fourth-order valence-electron chi connectivity index (χ4n) is 0.861. The van der Waals surface area contributed by atoms with Crippen molar-refractivity contribution in [1.29, 1.82) is 0 Å². The molecule has 1 rings (SSSR count). The van der Waals surface area contributed by atoms with Crippen LogP contribution < -0.4 is 5.32 Å². The van der Waals surface area contributed by atoms with Gasteiger partial charge >= 0.3 is 0 Å². The van der Waals surface area contributed by atoms with Crippen LogP contribution in [-0.2, 0) is 0 Å². The first-order chi connectivity index (χ1) is 6.25. The van der Waals surface area contributed by atoms with E-state index in [0.717, 1.165) is 9.35 Å². The summed E-state index contributed by atoms with van der Waals surface area (Å²) < 4.78 is 0.878. The molecule has 0 radical (unpaired) electrons. The van der Waals surface area contributed by atoms with Gasteiger partial charge in [-0.2, -0.15) is 0 Å². The number of nitrogens with one attached hydrogen (secondary N) is 1. The van der Waals surface area contributed by atoms with E-state index < -0.39 is 0 Å². The maximum absolute atomic E-state index is 11.5. The molecule has 70 valence electrons. The van der Waals surface area contributed by atoms with E-state index >= 15 is 0 Å². The molecule has 0 fully saturated rings. The van der Waals surface area contributed by atoms with Crippen LogP contribution in [0.3, 0.4) is 0 Å². The number of ketones is 1. The molecular weight excluding hydrogens is 250 g/mol. The fourth-order valence-corrected chi connectivity index (χ4v) is 2.39. The SMILES string of the molecule is C=CCNCC(=O)c1sccc1Br. The Morgan fingerprint density at radius 1 is 1.77 bits per heavy atom. The number of hydrogen-bond acceptors (Lipinski definition) is 3. The number of thiophene rings is 1. The van der Waals surface area contributed by atoms with Crippen LogP contribution in [0.4, 0.5) is 0 Å². The number of hydrogen-bond donors (Lipinski definition) is 1. The minimum atomic E-state index is 0.115. The van der Waals surface area contributed by atoms with Crippen LogP contribution in [0.25, 0.3) is 0 Å². The van der Waals surface area contributed by atoms with Gasteiger partial charge in [-0.3, -0.25) is 4.79 Å². The average molecular weight is 260 g/mol. The van der Waals surface area contributed by atoms with Crippen LogP contribution in [0.15, 0.2) is 28.6 Å². The molecule has 1 aromatic heterocycles. The van der Waals surface area contributed by atoms with Gasteiger partial charge in [0.15, 0.2) is 5.78 Å². The molecule has 0 saturated carbocycles. The third kappa shape index (κ3) is 3.06. The van der Waals surface area contributed by atoms with E-state index in [1.165, 1.54) is 11.3 Å². The van der Waals surface area contributed by atoms with Crippen molar-refractivity contribution in [3.63, 3.8) is 0 Å². The predicted octanol–water partition coefficient (Wildman–Crippen LogP) is 2.47. The van der Waals surface area contributed by atoms with E-state index in [2.05, 4.69) is 27.8 Å². The number of rotatable bonds is 5. The lowest BCUT2D eigenvalue weighted by Gasteiger charge is -1.99. The first-order valence-corrected chi connectivity index (χ1v) is 5.50. The third-order valence-corrected chi connectivity index (χ3v) is 3.32. The van der Waals surface area contributed by atoms with E-state index in [-0.39, 0.29) is 5.78 Å². The molecule has 0 unspecified atom stereocenters. The second-order valence-corrected chi connectivity index (χ2v) is 4.21. The highest BCUT2D eigenvalue weighted by molar-refractivity contribution is 9.10. The average Bonchev–Trinajstić information content (AvgIpc) is 2.52. The van der Waals surface area contributed by atoms with Gasteiger partial charge in [0, 0.05) is 11.0 Å². The van der Waals surface area contributed by atoms with Crippen LogP contribution in [-0.4, -0.2) is 18.9 Å². The van der Waals surface area contributed by atoms with Crippen LogP contribution in [0.1, 0.15) is 9.67 Å². The Morgan fingerprint density at radius 2 is 2.54 bits per heavy atom. The van der Waals surface area contributed by atoms with Crippen LogP contribution in [0.5, 0.6) is 0 Å². The Balaban J connectivity index is 2.49. The minimum absolute atomic E-state index is 0.115. The molecule has 2 nitrogen and oxygen atoms in total. The smallest absolute Gasteiger partial charge is 0.187 e. The van der Waals surface area contributed by atoms with Gasteiger partial charge in [-0.15, -0.1) is 17.9 Å². The molecule has 1 aromatic rings. The van der Waals surface area contributed by atoms with Crippen molar-refractivity contribution in [2.75, 3.05) is 13.1 Å². The summed E-state index contributed by atoms with van der Waals surface area (Å²) >= 11 is 4.77. The molecule has 0 aliphatic heterocycles. The lowest BCUT2D eigenvalue weighted by Crippen LogP contribution is -2.22. The summed E-state index contributed by atoms with van der Waals surface area (Å²) in [5, 5.41) is 4.86. The summed E-state index contributed by atoms with van der Waals surface area (Å²) in [7, 11) is 0. The van der Waals surface area contributed by atoms with Crippen LogP contribution >= 0.6 is 27.3 Å². The second-order valence-electron chi connectivity index (χ2n) is 2.44. The zero-order chi connectivity index (χ0) is 9.68. The summed E-state index contributed by atoms with van der Waals surface area (Å²) in [6.45, 7) is 4.59. The highest BCUT2D eigenvalue weighted by Gasteiger charge is 2.09. The molecule has 0 aromatic carbocycles. The van der Waals surface area contributed by atoms with Gasteiger partial charge in [0.05, 0.1) is 11.4 Å². The van der Waals surface area contributed by atoms with E-state index in [0.29, 0.717) is 13.1 Å². The zero-order valence-corrected chi connectivity index (χ0v) is 9.45. The third-order valence-electron chi connectivity index (χ3n) is 1.44. The van der Waals surface area contributed by atoms with Crippen molar-refractivity contribution >= 4 is 33.0 Å². The van der Waals surface area contributed by atoms with E-state index in [1.807, 2.05) is 11.4 Å². The first-order valence-electron chi connectivity index (χ1n) is 3.83. The molecule has 0 amide bonds. The quantitative estimate of drug-likeness (QED) is 0.500. The molecule has 0 bridgehead atoms. The van der Waals surface area contributed by atoms with E-state index in [4.69, 9.17) is 0 Å². The normalized spacial score (nSPS) is 9.92. The summed E-state index contributed by atoms with van der Waals surface area (Å²) in [5.74, 6) is 0.115. The number of Topliss-reactive ketones (excluding diaryl/α,β-unsaturated/α-hetero) is 1. The Hall–Kier alpha value is -0.450. The van der Waals surface area contributed by atoms with Crippen molar-refractivity contribution in [2.45, 2.75) is 0 Å². The van der Waals surface area contributed by atoms with Gasteiger partial charge < -0.3 is 5.32 Å². The van der Waals surface area contributed by atoms with Crippen molar-refractivity contribution in [3.8, 4) is 0 Å². The second kappa shape index (κ2) is 5.32. The monoisotopic (exact) mass is 259 g/mol. The molecule has 13 heavy (non-hydrogen) atoms. The molecule has 0 aliphatic rings. The Kier molecular flexibility index (Phi) is 4.35. The van der Waals surface area contributed by atoms with Crippen molar-refractivity contribution in [3.05, 3.63) is 33.5 Å². The topological polar surface area (TPSA) is 29.1 Å². The van der Waals surface area contributed by atoms with Crippen molar-refractivity contribution < 1.29 is 4.79 Å². The molecule has 0 aliphatic carbocycles. The van der Waals surface area contributed by atoms with Gasteiger partial charge in [0.25, 0.3) is 0 Å². The van der Waals surface area contributed by atoms with Gasteiger partial charge in [-0.1, -0.05) is 6.08 Å². The molecule has 4 heteroatoms. The molecule has 1 heterocycles. The summed E-state index contributed by atoms with van der Waals surface area (Å²) in [6, 6.07) is 1.88. The van der Waals surface area contributed by atoms with Crippen LogP contribution in [0, 0.1) is 0 Å². The standard InChI is InChI=1S/C9H10BrNOS/c1-2-4-11-6-8(12)9-7(10)3-5-13-9/h2-3,5,11H,1,4,6H2. The fraction of sp³-hybridized carbons (Fsp3) is 0.222. The summed E-state index contributed by atoms with van der Waals surface area (Å²) in [5.41, 5.74) is 0. The minimum Gasteiger partial charge on any atom is -0.306 e. The number of carbonyl (C=O) groups is 1. The Labute approximate surface area is 89.8 Å². The molecule has 0 atom stereocenters. The van der Waals surface area contributed by atoms with Crippen molar-refractivity contribution in [1.82, 2.24) is 5.32 Å². The molecule has 0 spiro atoms. The van der Waals surface area contributed by atoms with Crippen LogP contribution in [0.2, 0.25) is 0 Å². The zero-order valence-electron chi connectivity index (χ0n) is 7.05. The molecular formula is C9H10BrNOS. The summed E-state index contributed by atoms with van der Waals surface area (Å²) in [4.78, 5) is 12.3. The maximum Gasteiger partial charge on any atom is 0.187 e. The first kappa shape index (κ1) is 10.6. The number of carbonyl (C=O) groups excluding carboxylic acids is 1. The number of halogens is 1.